The van der Waals surface area contributed by atoms with Crippen molar-refractivity contribution in [3.05, 3.63) is 72.7 Å². The molecule has 0 saturated heterocycles. The lowest BCUT2D eigenvalue weighted by atomic mass is 10.2. The van der Waals surface area contributed by atoms with Crippen molar-refractivity contribution in [3.63, 3.8) is 0 Å². The molecule has 0 saturated carbocycles. The number of hydrogen-bond acceptors (Lipinski definition) is 2. The highest BCUT2D eigenvalue weighted by Crippen LogP contribution is 2.15. The van der Waals surface area contributed by atoms with Crippen molar-refractivity contribution < 1.29 is 0 Å². The lowest BCUT2D eigenvalue weighted by molar-refractivity contribution is 0.687. The van der Waals surface area contributed by atoms with Gasteiger partial charge in [-0.2, -0.15) is 5.10 Å². The van der Waals surface area contributed by atoms with E-state index in [2.05, 4.69) is 16.1 Å². The van der Waals surface area contributed by atoms with Crippen molar-refractivity contribution >= 4 is 0 Å². The van der Waals surface area contributed by atoms with Gasteiger partial charge < -0.3 is 0 Å². The van der Waals surface area contributed by atoms with Crippen molar-refractivity contribution in [2.24, 2.45) is 0 Å². The number of hydrogen-bond donors (Lipinski definition) is 0. The van der Waals surface area contributed by atoms with Crippen molar-refractivity contribution in [2.75, 3.05) is 0 Å². The molecule has 0 bridgehead atoms. The Bertz CT molecular complexity index is 615. The molecular formula is C15H12N3. The number of pyridine rings is 1. The molecule has 3 rings (SSSR count). The summed E-state index contributed by atoms with van der Waals surface area (Å²) in [4.78, 5) is 4.31. The monoisotopic (exact) mass is 234 g/mol. The summed E-state index contributed by atoms with van der Waals surface area (Å²) in [6, 6.07) is 16.8. The summed E-state index contributed by atoms with van der Waals surface area (Å²) in [6.45, 7) is 0.765. The largest absolute Gasteiger partial charge is 0.268 e. The Kier molecular flexibility index (Phi) is 2.88. The summed E-state index contributed by atoms with van der Waals surface area (Å²) in [7, 11) is 0. The normalized spacial score (nSPS) is 10.4. The Morgan fingerprint density at radius 3 is 2.78 bits per heavy atom. The molecule has 0 aliphatic carbocycles. The van der Waals surface area contributed by atoms with Gasteiger partial charge in [0.25, 0.3) is 0 Å². The Morgan fingerprint density at radius 1 is 1.11 bits per heavy atom. The third-order valence-electron chi connectivity index (χ3n) is 2.73. The van der Waals surface area contributed by atoms with Crippen molar-refractivity contribution in [2.45, 2.75) is 6.54 Å². The highest BCUT2D eigenvalue weighted by Gasteiger charge is 2.02. The van der Waals surface area contributed by atoms with Crippen molar-refractivity contribution in [3.8, 4) is 11.3 Å². The van der Waals surface area contributed by atoms with E-state index in [1.54, 1.807) is 6.20 Å². The van der Waals surface area contributed by atoms with Gasteiger partial charge in [-0.15, -0.1) is 0 Å². The molecule has 0 aliphatic heterocycles. The molecule has 2 heterocycles. The van der Waals surface area contributed by atoms with Crippen LogP contribution < -0.4 is 0 Å². The smallest absolute Gasteiger partial charge is 0.0733 e. The second-order valence-electron chi connectivity index (χ2n) is 4.05. The molecule has 18 heavy (non-hydrogen) atoms. The molecule has 1 radical (unpaired) electrons. The predicted octanol–water partition coefficient (Wildman–Crippen LogP) is 2.79. The van der Waals surface area contributed by atoms with Gasteiger partial charge >= 0.3 is 0 Å². The van der Waals surface area contributed by atoms with Gasteiger partial charge in [-0.3, -0.25) is 9.67 Å². The van der Waals surface area contributed by atoms with Crippen LogP contribution in [0, 0.1) is 6.07 Å². The van der Waals surface area contributed by atoms with Crippen molar-refractivity contribution in [1.29, 1.82) is 0 Å². The second-order valence-corrected chi connectivity index (χ2v) is 4.05. The van der Waals surface area contributed by atoms with Gasteiger partial charge in [-0.1, -0.05) is 30.3 Å². The number of benzene rings is 1. The fourth-order valence-electron chi connectivity index (χ4n) is 1.83. The van der Waals surface area contributed by atoms with Crippen LogP contribution in [-0.4, -0.2) is 14.8 Å². The Balaban J connectivity index is 1.82. The van der Waals surface area contributed by atoms with Gasteiger partial charge in [0.05, 0.1) is 18.4 Å². The van der Waals surface area contributed by atoms with Crippen LogP contribution in [0.5, 0.6) is 0 Å². The molecular weight excluding hydrogens is 222 g/mol. The van der Waals surface area contributed by atoms with Gasteiger partial charge in [0.15, 0.2) is 0 Å². The quantitative estimate of drug-likeness (QED) is 0.697. The molecule has 0 atom stereocenters. The molecule has 3 heteroatoms. The van der Waals surface area contributed by atoms with E-state index in [1.807, 2.05) is 59.5 Å². The maximum absolute atomic E-state index is 4.35. The summed E-state index contributed by atoms with van der Waals surface area (Å²) < 4.78 is 1.92. The molecule has 0 amide bonds. The minimum Gasteiger partial charge on any atom is -0.268 e. The van der Waals surface area contributed by atoms with Gasteiger partial charge in [-0.05, 0) is 23.8 Å². The third-order valence-corrected chi connectivity index (χ3v) is 2.73. The zero-order chi connectivity index (χ0) is 12.2. The average Bonchev–Trinajstić information content (AvgIpc) is 2.89. The summed E-state index contributed by atoms with van der Waals surface area (Å²) in [5.74, 6) is 0. The van der Waals surface area contributed by atoms with E-state index in [0.29, 0.717) is 0 Å². The number of rotatable bonds is 3. The van der Waals surface area contributed by atoms with E-state index in [1.165, 1.54) is 5.56 Å². The highest BCUT2D eigenvalue weighted by atomic mass is 15.3. The molecule has 2 aromatic heterocycles. The van der Waals surface area contributed by atoms with Crippen LogP contribution >= 0.6 is 0 Å². The van der Waals surface area contributed by atoms with E-state index >= 15 is 0 Å². The fraction of sp³-hybridized carbons (Fsp3) is 0.0667. The second kappa shape index (κ2) is 4.84. The Morgan fingerprint density at radius 2 is 2.00 bits per heavy atom. The fourth-order valence-corrected chi connectivity index (χ4v) is 1.83. The van der Waals surface area contributed by atoms with E-state index in [0.717, 1.165) is 17.8 Å². The molecule has 87 valence electrons. The van der Waals surface area contributed by atoms with E-state index in [4.69, 9.17) is 0 Å². The molecule has 0 N–H and O–H groups in total. The Labute approximate surface area is 106 Å². The summed E-state index contributed by atoms with van der Waals surface area (Å²) in [6.07, 6.45) is 5.65. The minimum atomic E-state index is 0.765. The van der Waals surface area contributed by atoms with Crippen LogP contribution in [0.3, 0.4) is 0 Å². The van der Waals surface area contributed by atoms with E-state index in [9.17, 15) is 0 Å². The molecule has 1 aromatic carbocycles. The first-order valence-electron chi connectivity index (χ1n) is 5.81. The van der Waals surface area contributed by atoms with Crippen LogP contribution in [0.1, 0.15) is 5.56 Å². The summed E-state index contributed by atoms with van der Waals surface area (Å²) in [5, 5.41) is 4.35. The first-order chi connectivity index (χ1) is 8.92. The first-order valence-corrected chi connectivity index (χ1v) is 5.81. The van der Waals surface area contributed by atoms with Gasteiger partial charge in [0.2, 0.25) is 0 Å². The van der Waals surface area contributed by atoms with Gasteiger partial charge in [0, 0.05) is 18.0 Å². The summed E-state index contributed by atoms with van der Waals surface area (Å²) in [5.41, 5.74) is 3.20. The van der Waals surface area contributed by atoms with Crippen LogP contribution in [0.4, 0.5) is 0 Å². The zero-order valence-electron chi connectivity index (χ0n) is 9.82. The average molecular weight is 234 g/mol. The molecule has 0 spiro atoms. The first kappa shape index (κ1) is 10.7. The van der Waals surface area contributed by atoms with Gasteiger partial charge in [-0.25, -0.2) is 0 Å². The zero-order valence-corrected chi connectivity index (χ0v) is 9.82. The molecule has 0 unspecified atom stereocenters. The van der Waals surface area contributed by atoms with Gasteiger partial charge in [0.1, 0.15) is 0 Å². The summed E-state index contributed by atoms with van der Waals surface area (Å²) >= 11 is 0. The molecule has 3 aromatic rings. The highest BCUT2D eigenvalue weighted by molar-refractivity contribution is 5.56. The predicted molar refractivity (Wildman–Crippen MR) is 69.8 cm³/mol. The topological polar surface area (TPSA) is 30.7 Å². The maximum atomic E-state index is 4.35. The van der Waals surface area contributed by atoms with E-state index < -0.39 is 0 Å². The Hall–Kier alpha value is -2.42. The maximum Gasteiger partial charge on any atom is 0.0733 e. The lowest BCUT2D eigenvalue weighted by Gasteiger charge is -2.00. The lowest BCUT2D eigenvalue weighted by Crippen LogP contribution is -1.99. The molecule has 0 aliphatic rings. The van der Waals surface area contributed by atoms with Crippen LogP contribution in [0.25, 0.3) is 11.3 Å². The standard InChI is InChI=1S/C15H12N3/c1-2-6-13(7-3-1)11-18-12-14(10-17-18)15-8-4-5-9-16-15/h2-10,12H,11H2. The van der Waals surface area contributed by atoms with E-state index in [-0.39, 0.29) is 0 Å². The van der Waals surface area contributed by atoms with Crippen LogP contribution in [0.15, 0.2) is 61.1 Å². The molecule has 3 nitrogen and oxygen atoms in total. The molecule has 0 fully saturated rings. The SMILES string of the molecule is [c]1ccc(Cn2cc(-c3ccccn3)cn2)cc1. The van der Waals surface area contributed by atoms with Crippen LogP contribution in [0.2, 0.25) is 0 Å². The number of nitrogens with zero attached hydrogens (tertiary/aromatic N) is 3. The third kappa shape index (κ3) is 2.30. The van der Waals surface area contributed by atoms with Crippen LogP contribution in [-0.2, 0) is 6.54 Å². The minimum absolute atomic E-state index is 0.765. The number of aromatic nitrogens is 3. The van der Waals surface area contributed by atoms with Crippen molar-refractivity contribution in [1.82, 2.24) is 14.8 Å².